The number of hydrogen-bond donors (Lipinski definition) is 2. The fourth-order valence-electron chi connectivity index (χ4n) is 3.28. The molecule has 0 unspecified atom stereocenters. The number of halogens is 2. The Morgan fingerprint density at radius 3 is 2.57 bits per heavy atom. The van der Waals surface area contributed by atoms with Crippen LogP contribution in [0.4, 0.5) is 16.0 Å². The van der Waals surface area contributed by atoms with Crippen LogP contribution in [0.5, 0.6) is 0 Å². The molecule has 0 bridgehead atoms. The summed E-state index contributed by atoms with van der Waals surface area (Å²) in [5.41, 5.74) is 6.30. The highest BCUT2D eigenvalue weighted by Crippen LogP contribution is 2.30. The number of anilines is 1. The van der Waals surface area contributed by atoms with E-state index < -0.39 is 17.6 Å². The first-order valence-electron chi connectivity index (χ1n) is 9.96. The number of nitrogens with one attached hydrogen (secondary N) is 1. The van der Waals surface area contributed by atoms with Gasteiger partial charge in [0.15, 0.2) is 17.3 Å². The lowest BCUT2D eigenvalue weighted by molar-refractivity contribution is 0.0992. The highest BCUT2D eigenvalue weighted by atomic mass is 35.5. The SMILES string of the molecule is C=Nc1nc(-c2ccc(Cl)c(C(=O)Nc3cc(C(N)=O)nn3-c3ccccc3)c2)c(C#N)cc1F. The van der Waals surface area contributed by atoms with Crippen LogP contribution in [0.1, 0.15) is 26.4 Å². The smallest absolute Gasteiger partial charge is 0.269 e. The molecule has 0 aliphatic rings. The number of nitriles is 1. The molecule has 0 spiro atoms. The molecule has 9 nitrogen and oxygen atoms in total. The number of hydrogen-bond acceptors (Lipinski definition) is 6. The maximum absolute atomic E-state index is 14.0. The number of para-hydroxylation sites is 1. The second-order valence-corrected chi connectivity index (χ2v) is 7.54. The molecule has 0 saturated heterocycles. The van der Waals surface area contributed by atoms with E-state index in [2.05, 4.69) is 27.1 Å². The molecule has 172 valence electrons. The molecule has 0 saturated carbocycles. The number of nitrogens with zero attached hydrogens (tertiary/aromatic N) is 5. The van der Waals surface area contributed by atoms with E-state index >= 15 is 0 Å². The monoisotopic (exact) mass is 487 g/mol. The van der Waals surface area contributed by atoms with E-state index in [-0.39, 0.29) is 39.2 Å². The van der Waals surface area contributed by atoms with Gasteiger partial charge in [0.05, 0.1) is 27.5 Å². The fourth-order valence-corrected chi connectivity index (χ4v) is 3.49. The molecule has 2 aromatic heterocycles. The molecule has 2 amide bonds. The van der Waals surface area contributed by atoms with Crippen molar-refractivity contribution < 1.29 is 14.0 Å². The second-order valence-electron chi connectivity index (χ2n) is 7.14. The van der Waals surface area contributed by atoms with E-state index in [4.69, 9.17) is 17.3 Å². The fraction of sp³-hybridized carbons (Fsp3) is 0. The lowest BCUT2D eigenvalue weighted by Gasteiger charge is -2.11. The van der Waals surface area contributed by atoms with Crippen LogP contribution >= 0.6 is 11.6 Å². The second kappa shape index (κ2) is 9.54. The number of benzene rings is 2. The number of pyridine rings is 1. The summed E-state index contributed by atoms with van der Waals surface area (Å²) in [7, 11) is 0. The maximum atomic E-state index is 14.0. The minimum Gasteiger partial charge on any atom is -0.364 e. The zero-order valence-electron chi connectivity index (χ0n) is 17.9. The summed E-state index contributed by atoms with van der Waals surface area (Å²) >= 11 is 6.28. The van der Waals surface area contributed by atoms with E-state index in [9.17, 15) is 19.2 Å². The van der Waals surface area contributed by atoms with Gasteiger partial charge in [-0.2, -0.15) is 10.4 Å². The largest absolute Gasteiger partial charge is 0.364 e. The Balaban J connectivity index is 1.75. The third-order valence-corrected chi connectivity index (χ3v) is 5.25. The van der Waals surface area contributed by atoms with Crippen molar-refractivity contribution in [3.63, 3.8) is 0 Å². The zero-order chi connectivity index (χ0) is 25.1. The summed E-state index contributed by atoms with van der Waals surface area (Å²) in [4.78, 5) is 32.4. The highest BCUT2D eigenvalue weighted by molar-refractivity contribution is 6.34. The molecule has 2 heterocycles. The van der Waals surface area contributed by atoms with Crippen molar-refractivity contribution in [2.24, 2.45) is 10.7 Å². The summed E-state index contributed by atoms with van der Waals surface area (Å²) in [5, 5.41) is 16.4. The van der Waals surface area contributed by atoms with Crippen molar-refractivity contribution >= 4 is 41.8 Å². The lowest BCUT2D eigenvalue weighted by Crippen LogP contribution is -2.16. The van der Waals surface area contributed by atoms with E-state index in [1.54, 1.807) is 30.3 Å². The van der Waals surface area contributed by atoms with Gasteiger partial charge in [0.1, 0.15) is 11.9 Å². The quantitative estimate of drug-likeness (QED) is 0.391. The van der Waals surface area contributed by atoms with Gasteiger partial charge >= 0.3 is 0 Å². The van der Waals surface area contributed by atoms with Crippen molar-refractivity contribution in [2.45, 2.75) is 0 Å². The van der Waals surface area contributed by atoms with Gasteiger partial charge in [-0.15, -0.1) is 0 Å². The van der Waals surface area contributed by atoms with Gasteiger partial charge in [-0.1, -0.05) is 35.9 Å². The highest BCUT2D eigenvalue weighted by Gasteiger charge is 2.20. The van der Waals surface area contributed by atoms with E-state index in [1.807, 2.05) is 6.07 Å². The Hall–Kier alpha value is -4.88. The van der Waals surface area contributed by atoms with Crippen molar-refractivity contribution in [3.8, 4) is 23.0 Å². The molecular weight excluding hydrogens is 473 g/mol. The average molecular weight is 488 g/mol. The summed E-state index contributed by atoms with van der Waals surface area (Å²) in [6.07, 6.45) is 0. The summed E-state index contributed by atoms with van der Waals surface area (Å²) in [6, 6.07) is 17.4. The normalized spacial score (nSPS) is 10.4. The molecule has 0 radical (unpaired) electrons. The van der Waals surface area contributed by atoms with Crippen LogP contribution in [0.2, 0.25) is 5.02 Å². The number of aliphatic imine (C=N–C) groups is 1. The Morgan fingerprint density at radius 2 is 1.91 bits per heavy atom. The van der Waals surface area contributed by atoms with Crippen LogP contribution in [0, 0.1) is 17.1 Å². The van der Waals surface area contributed by atoms with Crippen LogP contribution < -0.4 is 11.1 Å². The van der Waals surface area contributed by atoms with Crippen LogP contribution in [0.3, 0.4) is 0 Å². The number of primary amides is 1. The molecule has 2 aromatic carbocycles. The van der Waals surface area contributed by atoms with Crippen molar-refractivity contribution in [1.29, 1.82) is 5.26 Å². The third-order valence-electron chi connectivity index (χ3n) is 4.92. The van der Waals surface area contributed by atoms with Crippen molar-refractivity contribution in [1.82, 2.24) is 14.8 Å². The number of nitrogens with two attached hydrogens (primary N) is 1. The Morgan fingerprint density at radius 1 is 1.17 bits per heavy atom. The van der Waals surface area contributed by atoms with Crippen LogP contribution in [-0.2, 0) is 0 Å². The zero-order valence-corrected chi connectivity index (χ0v) is 18.6. The predicted molar refractivity (Wildman–Crippen MR) is 129 cm³/mol. The average Bonchev–Trinajstić information content (AvgIpc) is 3.28. The molecule has 0 fully saturated rings. The van der Waals surface area contributed by atoms with E-state index in [0.29, 0.717) is 11.3 Å². The minimum absolute atomic E-state index is 0.0359. The summed E-state index contributed by atoms with van der Waals surface area (Å²) in [5.74, 6) is -2.31. The first-order chi connectivity index (χ1) is 16.8. The number of amides is 2. The predicted octanol–water partition coefficient (Wildman–Crippen LogP) is 4.28. The number of aromatic nitrogens is 3. The standard InChI is InChI=1S/C24H15ClFN7O2/c1-29-23-18(26)10-14(12-27)21(31-23)13-7-8-17(25)16(9-13)24(35)30-20-11-19(22(28)34)32-33(20)15-5-3-2-4-6-15/h2-11H,1H2,(H2,28,34)(H,30,35). The molecule has 4 aromatic rings. The molecule has 4 rings (SSSR count). The van der Waals surface area contributed by atoms with Crippen LogP contribution in [0.25, 0.3) is 16.9 Å². The Kier molecular flexibility index (Phi) is 6.35. The van der Waals surface area contributed by atoms with Gasteiger partial charge in [0.2, 0.25) is 0 Å². The number of carbonyl (C=O) groups is 2. The van der Waals surface area contributed by atoms with Crippen LogP contribution in [-0.4, -0.2) is 33.3 Å². The first kappa shape index (κ1) is 23.3. The van der Waals surface area contributed by atoms with Crippen LogP contribution in [0.15, 0.2) is 65.7 Å². The first-order valence-corrected chi connectivity index (χ1v) is 10.3. The minimum atomic E-state index is -0.799. The molecular formula is C24H15ClFN7O2. The Labute approximate surface area is 203 Å². The molecule has 11 heteroatoms. The van der Waals surface area contributed by atoms with E-state index in [1.165, 1.54) is 28.9 Å². The van der Waals surface area contributed by atoms with Gasteiger partial charge in [0, 0.05) is 11.6 Å². The van der Waals surface area contributed by atoms with Gasteiger partial charge < -0.3 is 11.1 Å². The Bertz CT molecular complexity index is 1530. The molecule has 3 N–H and O–H groups in total. The maximum Gasteiger partial charge on any atom is 0.269 e. The summed E-state index contributed by atoms with van der Waals surface area (Å²) in [6.45, 7) is 3.27. The van der Waals surface area contributed by atoms with Gasteiger partial charge in [-0.05, 0) is 37.0 Å². The topological polar surface area (TPSA) is 139 Å². The van der Waals surface area contributed by atoms with Gasteiger partial charge in [-0.25, -0.2) is 19.0 Å². The molecule has 0 aliphatic carbocycles. The lowest BCUT2D eigenvalue weighted by atomic mass is 10.0. The third kappa shape index (κ3) is 4.62. The van der Waals surface area contributed by atoms with Crippen molar-refractivity contribution in [2.75, 3.05) is 5.32 Å². The number of rotatable bonds is 6. The van der Waals surface area contributed by atoms with E-state index in [0.717, 1.165) is 6.07 Å². The molecule has 35 heavy (non-hydrogen) atoms. The molecule has 0 aliphatic heterocycles. The van der Waals surface area contributed by atoms with Crippen molar-refractivity contribution in [3.05, 3.63) is 88.3 Å². The summed E-state index contributed by atoms with van der Waals surface area (Å²) < 4.78 is 15.4. The van der Waals surface area contributed by atoms with Gasteiger partial charge in [0.25, 0.3) is 11.8 Å². The molecule has 0 atom stereocenters. The number of carbonyl (C=O) groups excluding carboxylic acids is 2. The van der Waals surface area contributed by atoms with Gasteiger partial charge in [-0.3, -0.25) is 9.59 Å².